The number of rotatable bonds is 6. The highest BCUT2D eigenvalue weighted by Gasteiger charge is 2.22. The molecule has 0 atom stereocenters. The minimum Gasteiger partial charge on any atom is -0.420 e. The number of hydrogen-bond acceptors (Lipinski definition) is 10. The molecule has 3 aromatic carbocycles. The lowest BCUT2D eigenvalue weighted by molar-refractivity contribution is -0.384. The van der Waals surface area contributed by atoms with Crippen molar-refractivity contribution >= 4 is 57.9 Å². The van der Waals surface area contributed by atoms with Gasteiger partial charge in [-0.15, -0.1) is 0 Å². The van der Waals surface area contributed by atoms with Gasteiger partial charge in [-0.25, -0.2) is 9.59 Å². The maximum absolute atomic E-state index is 12.5. The molecule has 12 nitrogen and oxygen atoms in total. The van der Waals surface area contributed by atoms with Gasteiger partial charge in [0, 0.05) is 0 Å². The molecule has 0 radical (unpaired) electrons. The number of carbonyl (C=O) groups excluding carboxylic acids is 2. The molecule has 0 amide bonds. The van der Waals surface area contributed by atoms with Gasteiger partial charge in [0.2, 0.25) is 0 Å². The Morgan fingerprint density at radius 2 is 1.12 bits per heavy atom. The first kappa shape index (κ1) is 24.2. The monoisotopic (exact) mass is 506 g/mol. The van der Waals surface area contributed by atoms with E-state index in [2.05, 4.69) is 0 Å². The lowest BCUT2D eigenvalue weighted by Crippen LogP contribution is -2.14. The summed E-state index contributed by atoms with van der Waals surface area (Å²) in [6.45, 7) is 0. The first-order valence-corrected chi connectivity index (χ1v) is 9.74. The average molecular weight is 507 g/mol. The van der Waals surface area contributed by atoms with Crippen LogP contribution in [0.3, 0.4) is 0 Å². The highest BCUT2D eigenvalue weighted by atomic mass is 35.5. The van der Waals surface area contributed by atoms with Gasteiger partial charge in [-0.2, -0.15) is 0 Å². The highest BCUT2D eigenvalue weighted by Crippen LogP contribution is 2.35. The van der Waals surface area contributed by atoms with Crippen LogP contribution in [0, 0.1) is 20.2 Å². The van der Waals surface area contributed by atoms with Gasteiger partial charge in [-0.1, -0.05) is 29.3 Å². The van der Waals surface area contributed by atoms with Crippen molar-refractivity contribution in [2.24, 2.45) is 0 Å². The van der Waals surface area contributed by atoms with Crippen molar-refractivity contribution < 1.29 is 28.9 Å². The molecule has 14 heteroatoms. The number of hydrogen-bond donors (Lipinski definition) is 2. The predicted molar refractivity (Wildman–Crippen MR) is 121 cm³/mol. The average Bonchev–Trinajstić information content (AvgIpc) is 2.76. The van der Waals surface area contributed by atoms with Crippen LogP contribution in [0.25, 0.3) is 0 Å². The standard InChI is InChI=1S/C20H12Cl2N4O8/c21-11-5-13(23)17(7-15(11)25(29)30)33-19(27)9-2-1-3-10(4-9)20(28)34-18-8-16(26(31)32)12(22)6-14(18)24/h1-8H,23-24H2. The van der Waals surface area contributed by atoms with E-state index >= 15 is 0 Å². The van der Waals surface area contributed by atoms with Crippen LogP contribution in [-0.4, -0.2) is 21.8 Å². The Morgan fingerprint density at radius 3 is 1.47 bits per heavy atom. The van der Waals surface area contributed by atoms with E-state index in [1.807, 2.05) is 0 Å². The quantitative estimate of drug-likeness (QED) is 0.159. The lowest BCUT2D eigenvalue weighted by atomic mass is 10.1. The van der Waals surface area contributed by atoms with Crippen LogP contribution in [0.4, 0.5) is 22.7 Å². The van der Waals surface area contributed by atoms with Crippen molar-refractivity contribution in [3.63, 3.8) is 0 Å². The van der Waals surface area contributed by atoms with E-state index in [-0.39, 0.29) is 44.0 Å². The van der Waals surface area contributed by atoms with Gasteiger partial charge in [0.25, 0.3) is 11.4 Å². The van der Waals surface area contributed by atoms with Gasteiger partial charge >= 0.3 is 11.9 Å². The Bertz CT molecular complexity index is 1260. The second kappa shape index (κ2) is 9.60. The first-order chi connectivity index (χ1) is 16.0. The molecule has 0 spiro atoms. The summed E-state index contributed by atoms with van der Waals surface area (Å²) in [6, 6.07) is 8.98. The Balaban J connectivity index is 1.84. The molecule has 3 aromatic rings. The topological polar surface area (TPSA) is 191 Å². The van der Waals surface area contributed by atoms with Crippen LogP contribution in [0.1, 0.15) is 20.7 Å². The van der Waals surface area contributed by atoms with Crippen molar-refractivity contribution in [2.75, 3.05) is 11.5 Å². The van der Waals surface area contributed by atoms with E-state index in [1.165, 1.54) is 18.2 Å². The third kappa shape index (κ3) is 5.14. The number of carbonyl (C=O) groups is 2. The third-order valence-corrected chi connectivity index (χ3v) is 4.90. The van der Waals surface area contributed by atoms with Gasteiger partial charge in [-0.3, -0.25) is 20.2 Å². The van der Waals surface area contributed by atoms with Crippen LogP contribution in [0.2, 0.25) is 10.0 Å². The Kier molecular flexibility index (Phi) is 6.84. The summed E-state index contributed by atoms with van der Waals surface area (Å²) in [7, 11) is 0. The minimum atomic E-state index is -0.986. The summed E-state index contributed by atoms with van der Waals surface area (Å²) < 4.78 is 10.2. The molecular weight excluding hydrogens is 495 g/mol. The molecule has 0 aromatic heterocycles. The van der Waals surface area contributed by atoms with E-state index in [1.54, 1.807) is 0 Å². The summed E-state index contributed by atoms with van der Waals surface area (Å²) in [4.78, 5) is 45.6. The maximum atomic E-state index is 12.5. The molecule has 0 bridgehead atoms. The van der Waals surface area contributed by atoms with Gasteiger partial charge in [0.05, 0.1) is 44.5 Å². The maximum Gasteiger partial charge on any atom is 0.343 e. The Morgan fingerprint density at radius 1 is 0.735 bits per heavy atom. The number of nitrogen functional groups attached to an aromatic ring is 2. The predicted octanol–water partition coefficient (Wildman–Crippen LogP) is 4.41. The number of anilines is 2. The van der Waals surface area contributed by atoms with Crippen LogP contribution in [-0.2, 0) is 0 Å². The summed E-state index contributed by atoms with van der Waals surface area (Å²) in [5.74, 6) is -2.59. The zero-order valence-electron chi connectivity index (χ0n) is 16.7. The molecule has 4 N–H and O–H groups in total. The van der Waals surface area contributed by atoms with E-state index in [4.69, 9.17) is 44.1 Å². The van der Waals surface area contributed by atoms with Crippen molar-refractivity contribution in [1.82, 2.24) is 0 Å². The number of nitro groups is 2. The number of nitro benzene ring substituents is 2. The molecule has 0 aliphatic heterocycles. The molecule has 0 aliphatic carbocycles. The zero-order valence-corrected chi connectivity index (χ0v) is 18.2. The molecule has 0 saturated heterocycles. The normalized spacial score (nSPS) is 10.4. The molecule has 34 heavy (non-hydrogen) atoms. The van der Waals surface area contributed by atoms with Crippen molar-refractivity contribution in [1.29, 1.82) is 0 Å². The molecule has 0 unspecified atom stereocenters. The Labute approximate surface area is 199 Å². The number of esters is 2. The second-order valence-electron chi connectivity index (χ2n) is 6.56. The van der Waals surface area contributed by atoms with Crippen LogP contribution >= 0.6 is 23.2 Å². The van der Waals surface area contributed by atoms with Crippen molar-refractivity contribution in [2.45, 2.75) is 0 Å². The minimum absolute atomic E-state index is 0.124. The Hall–Kier alpha value is -4.42. The number of halogens is 2. The summed E-state index contributed by atoms with van der Waals surface area (Å²) >= 11 is 11.5. The van der Waals surface area contributed by atoms with Crippen molar-refractivity contribution in [3.8, 4) is 11.5 Å². The van der Waals surface area contributed by atoms with Crippen LogP contribution in [0.5, 0.6) is 11.5 Å². The summed E-state index contributed by atoms with van der Waals surface area (Å²) in [5, 5.41) is 21.6. The van der Waals surface area contributed by atoms with E-state index in [9.17, 15) is 29.8 Å². The number of nitrogens with zero attached hydrogens (tertiary/aromatic N) is 2. The largest absolute Gasteiger partial charge is 0.420 e. The van der Waals surface area contributed by atoms with E-state index < -0.39 is 33.2 Å². The van der Waals surface area contributed by atoms with Gasteiger partial charge < -0.3 is 20.9 Å². The molecule has 174 valence electrons. The molecule has 0 heterocycles. The van der Waals surface area contributed by atoms with Crippen LogP contribution in [0.15, 0.2) is 48.5 Å². The SMILES string of the molecule is Nc1cc(Cl)c([N+](=O)[O-])cc1OC(=O)c1cccc(C(=O)Oc2cc([N+](=O)[O-])c(Cl)cc2N)c1. The fourth-order valence-corrected chi connectivity index (χ4v) is 3.15. The molecule has 0 fully saturated rings. The third-order valence-electron chi connectivity index (χ3n) is 4.29. The summed E-state index contributed by atoms with van der Waals surface area (Å²) in [5.41, 5.74) is 9.88. The number of ether oxygens (including phenoxy) is 2. The van der Waals surface area contributed by atoms with E-state index in [0.29, 0.717) is 0 Å². The molecule has 0 aliphatic rings. The first-order valence-electron chi connectivity index (χ1n) is 8.99. The molecular formula is C20H12Cl2N4O8. The fourth-order valence-electron chi connectivity index (χ4n) is 2.66. The summed E-state index contributed by atoms with van der Waals surface area (Å²) in [6.07, 6.45) is 0. The zero-order chi connectivity index (χ0) is 25.2. The van der Waals surface area contributed by atoms with Gasteiger partial charge in [-0.05, 0) is 30.3 Å². The van der Waals surface area contributed by atoms with Gasteiger partial charge in [0.15, 0.2) is 11.5 Å². The van der Waals surface area contributed by atoms with E-state index in [0.717, 1.165) is 30.3 Å². The molecule has 3 rings (SSSR count). The molecule has 0 saturated carbocycles. The second-order valence-corrected chi connectivity index (χ2v) is 7.37. The van der Waals surface area contributed by atoms with Gasteiger partial charge in [0.1, 0.15) is 10.0 Å². The number of nitrogens with two attached hydrogens (primary N) is 2. The lowest BCUT2D eigenvalue weighted by Gasteiger charge is -2.10. The van der Waals surface area contributed by atoms with Crippen LogP contribution < -0.4 is 20.9 Å². The highest BCUT2D eigenvalue weighted by molar-refractivity contribution is 6.33. The smallest absolute Gasteiger partial charge is 0.343 e. The number of benzene rings is 3. The van der Waals surface area contributed by atoms with Crippen molar-refractivity contribution in [3.05, 3.63) is 89.9 Å². The fraction of sp³-hybridized carbons (Fsp3) is 0.